The van der Waals surface area contributed by atoms with E-state index in [-0.39, 0.29) is 5.69 Å². The molecule has 1 aromatic heterocycles. The highest BCUT2D eigenvalue weighted by atomic mass is 16.6. The van der Waals surface area contributed by atoms with Crippen LogP contribution in [0.15, 0.2) is 42.6 Å². The summed E-state index contributed by atoms with van der Waals surface area (Å²) in [6.07, 6.45) is 0.617. The van der Waals surface area contributed by atoms with Crippen LogP contribution in [0.3, 0.4) is 0 Å². The molecule has 0 aliphatic heterocycles. The van der Waals surface area contributed by atoms with Gasteiger partial charge in [0.1, 0.15) is 6.10 Å². The van der Waals surface area contributed by atoms with Crippen molar-refractivity contribution in [2.45, 2.75) is 13.0 Å². The lowest BCUT2D eigenvalue weighted by Crippen LogP contribution is -2.03. The highest BCUT2D eigenvalue weighted by molar-refractivity contribution is 5.44. The van der Waals surface area contributed by atoms with Crippen LogP contribution >= 0.6 is 0 Å². The van der Waals surface area contributed by atoms with E-state index in [1.54, 1.807) is 43.5 Å². The van der Waals surface area contributed by atoms with Gasteiger partial charge in [-0.1, -0.05) is 18.2 Å². The molecule has 0 spiro atoms. The summed E-state index contributed by atoms with van der Waals surface area (Å²) < 4.78 is 0. The molecule has 0 saturated heterocycles. The number of aliphatic hydroxyl groups excluding tert-OH is 1. The van der Waals surface area contributed by atoms with Gasteiger partial charge >= 0.3 is 0 Å². The Balaban J connectivity index is 2.40. The molecular weight excluding hydrogens is 232 g/mol. The lowest BCUT2D eigenvalue weighted by molar-refractivity contribution is -0.385. The number of benzene rings is 1. The highest BCUT2D eigenvalue weighted by Gasteiger charge is 2.17. The average molecular weight is 244 g/mol. The van der Waals surface area contributed by atoms with Gasteiger partial charge < -0.3 is 5.11 Å². The molecule has 0 unspecified atom stereocenters. The molecule has 0 saturated carbocycles. The van der Waals surface area contributed by atoms with Crippen molar-refractivity contribution < 1.29 is 10.0 Å². The molecule has 0 aliphatic rings. The maximum atomic E-state index is 10.8. The number of nitro benzene ring substituents is 1. The predicted octanol–water partition coefficient (Wildman–Crippen LogP) is 2.38. The Morgan fingerprint density at radius 3 is 2.72 bits per heavy atom. The summed E-state index contributed by atoms with van der Waals surface area (Å²) >= 11 is 0. The standard InChI is InChI=1S/C13H12N2O3/c1-9-5-6-10(8-12(9)15(17)18)13(16)11-4-2-3-7-14-11/h2-8,13,16H,1H3/t13-/m0/s1. The lowest BCUT2D eigenvalue weighted by Gasteiger charge is -2.10. The predicted molar refractivity (Wildman–Crippen MR) is 66.1 cm³/mol. The number of rotatable bonds is 3. The van der Waals surface area contributed by atoms with Crippen LogP contribution in [-0.2, 0) is 0 Å². The first-order chi connectivity index (χ1) is 8.59. The van der Waals surface area contributed by atoms with Gasteiger partial charge in [-0.15, -0.1) is 0 Å². The molecule has 0 bridgehead atoms. The zero-order chi connectivity index (χ0) is 13.1. The fourth-order valence-electron chi connectivity index (χ4n) is 1.70. The summed E-state index contributed by atoms with van der Waals surface area (Å²) in [5.41, 5.74) is 1.50. The zero-order valence-electron chi connectivity index (χ0n) is 9.78. The fraction of sp³-hybridized carbons (Fsp3) is 0.154. The van der Waals surface area contributed by atoms with Gasteiger partial charge in [0, 0.05) is 17.8 Å². The van der Waals surface area contributed by atoms with Gasteiger partial charge in [0.05, 0.1) is 10.6 Å². The number of pyridine rings is 1. The normalized spacial score (nSPS) is 12.1. The van der Waals surface area contributed by atoms with Gasteiger partial charge in [0.2, 0.25) is 0 Å². The summed E-state index contributed by atoms with van der Waals surface area (Å²) in [5, 5.41) is 20.9. The van der Waals surface area contributed by atoms with Crippen LogP contribution in [0.2, 0.25) is 0 Å². The number of aromatic nitrogens is 1. The van der Waals surface area contributed by atoms with Crippen molar-refractivity contribution in [3.63, 3.8) is 0 Å². The van der Waals surface area contributed by atoms with Crippen LogP contribution < -0.4 is 0 Å². The minimum Gasteiger partial charge on any atom is -0.382 e. The highest BCUT2D eigenvalue weighted by Crippen LogP contribution is 2.26. The van der Waals surface area contributed by atoms with Gasteiger partial charge in [-0.05, 0) is 24.6 Å². The van der Waals surface area contributed by atoms with Gasteiger partial charge in [-0.25, -0.2) is 0 Å². The van der Waals surface area contributed by atoms with Crippen LogP contribution in [0.5, 0.6) is 0 Å². The average Bonchev–Trinajstić information content (AvgIpc) is 2.39. The van der Waals surface area contributed by atoms with Gasteiger partial charge in [-0.3, -0.25) is 15.1 Å². The van der Waals surface area contributed by atoms with E-state index in [0.29, 0.717) is 16.8 Å². The molecule has 0 aliphatic carbocycles. The van der Waals surface area contributed by atoms with Crippen LogP contribution in [-0.4, -0.2) is 15.0 Å². The molecule has 5 heteroatoms. The molecule has 0 amide bonds. The first kappa shape index (κ1) is 12.2. The SMILES string of the molecule is Cc1ccc([C@H](O)c2ccccn2)cc1[N+](=O)[O-]. The third-order valence-corrected chi connectivity index (χ3v) is 2.71. The zero-order valence-corrected chi connectivity index (χ0v) is 9.78. The van der Waals surface area contributed by atoms with E-state index in [1.165, 1.54) is 6.07 Å². The smallest absolute Gasteiger partial charge is 0.272 e. The van der Waals surface area contributed by atoms with E-state index in [4.69, 9.17) is 0 Å². The molecule has 1 atom stereocenters. The molecule has 92 valence electrons. The third-order valence-electron chi connectivity index (χ3n) is 2.71. The molecule has 5 nitrogen and oxygen atoms in total. The fourth-order valence-corrected chi connectivity index (χ4v) is 1.70. The van der Waals surface area contributed by atoms with Crippen LogP contribution in [0.4, 0.5) is 5.69 Å². The Hall–Kier alpha value is -2.27. The summed E-state index contributed by atoms with van der Waals surface area (Å²) in [5.74, 6) is 0. The van der Waals surface area contributed by atoms with Crippen LogP contribution in [0.25, 0.3) is 0 Å². The monoisotopic (exact) mass is 244 g/mol. The minimum atomic E-state index is -0.953. The topological polar surface area (TPSA) is 76.3 Å². The Morgan fingerprint density at radius 2 is 2.11 bits per heavy atom. The number of hydrogen-bond donors (Lipinski definition) is 1. The van der Waals surface area contributed by atoms with Gasteiger partial charge in [0.15, 0.2) is 0 Å². The maximum absolute atomic E-state index is 10.8. The molecule has 0 radical (unpaired) electrons. The largest absolute Gasteiger partial charge is 0.382 e. The molecule has 2 aromatic rings. The van der Waals surface area contributed by atoms with Gasteiger partial charge in [0.25, 0.3) is 5.69 Å². The van der Waals surface area contributed by atoms with E-state index < -0.39 is 11.0 Å². The number of nitro groups is 1. The molecule has 0 fully saturated rings. The second-order valence-electron chi connectivity index (χ2n) is 3.96. The van der Waals surface area contributed by atoms with E-state index in [9.17, 15) is 15.2 Å². The summed E-state index contributed by atoms with van der Waals surface area (Å²) in [6, 6.07) is 9.86. The van der Waals surface area contributed by atoms with Crippen molar-refractivity contribution in [3.05, 3.63) is 69.5 Å². The first-order valence-corrected chi connectivity index (χ1v) is 5.43. The Labute approximate surface area is 104 Å². The maximum Gasteiger partial charge on any atom is 0.272 e. The third kappa shape index (κ3) is 2.36. The van der Waals surface area contributed by atoms with Crippen molar-refractivity contribution in [1.29, 1.82) is 0 Å². The van der Waals surface area contributed by atoms with Crippen molar-refractivity contribution in [3.8, 4) is 0 Å². The molecule has 1 aromatic carbocycles. The van der Waals surface area contributed by atoms with Crippen molar-refractivity contribution in [2.75, 3.05) is 0 Å². The number of nitrogens with zero attached hydrogens (tertiary/aromatic N) is 2. The van der Waals surface area contributed by atoms with Gasteiger partial charge in [-0.2, -0.15) is 0 Å². The summed E-state index contributed by atoms with van der Waals surface area (Å²) in [4.78, 5) is 14.4. The quantitative estimate of drug-likeness (QED) is 0.664. The molecule has 1 heterocycles. The Morgan fingerprint density at radius 1 is 1.33 bits per heavy atom. The summed E-state index contributed by atoms with van der Waals surface area (Å²) in [6.45, 7) is 1.66. The molecule has 2 rings (SSSR count). The number of hydrogen-bond acceptors (Lipinski definition) is 4. The van der Waals surface area contributed by atoms with E-state index in [0.717, 1.165) is 0 Å². The lowest BCUT2D eigenvalue weighted by atomic mass is 10.0. The molecule has 18 heavy (non-hydrogen) atoms. The van der Waals surface area contributed by atoms with Crippen molar-refractivity contribution in [2.24, 2.45) is 0 Å². The summed E-state index contributed by atoms with van der Waals surface area (Å²) in [7, 11) is 0. The first-order valence-electron chi connectivity index (χ1n) is 5.43. The van der Waals surface area contributed by atoms with E-state index in [1.807, 2.05) is 0 Å². The van der Waals surface area contributed by atoms with Crippen molar-refractivity contribution in [1.82, 2.24) is 4.98 Å². The Kier molecular flexibility index (Phi) is 3.34. The Bertz CT molecular complexity index is 570. The second-order valence-corrected chi connectivity index (χ2v) is 3.96. The number of aryl methyl sites for hydroxylation is 1. The number of aliphatic hydroxyl groups is 1. The van der Waals surface area contributed by atoms with E-state index in [2.05, 4.69) is 4.98 Å². The van der Waals surface area contributed by atoms with Crippen LogP contribution in [0, 0.1) is 17.0 Å². The second kappa shape index (κ2) is 4.93. The van der Waals surface area contributed by atoms with Crippen molar-refractivity contribution >= 4 is 5.69 Å². The minimum absolute atomic E-state index is 0.00230. The molecule has 1 N–H and O–H groups in total. The van der Waals surface area contributed by atoms with E-state index >= 15 is 0 Å². The van der Waals surface area contributed by atoms with Crippen LogP contribution in [0.1, 0.15) is 22.9 Å². The molecular formula is C13H12N2O3.